The van der Waals surface area contributed by atoms with Crippen molar-refractivity contribution < 1.29 is 9.21 Å². The average molecular weight is 389 g/mol. The first-order valence-electron chi connectivity index (χ1n) is 6.94. The zero-order valence-corrected chi connectivity index (χ0v) is 14.7. The molecule has 1 aromatic heterocycles. The number of rotatable bonds is 5. The summed E-state index contributed by atoms with van der Waals surface area (Å²) in [5.74, 6) is 0.736. The minimum absolute atomic E-state index is 0.0198. The largest absolute Gasteiger partial charge is 0.411 e. The maximum atomic E-state index is 12.2. The number of hydrogen-bond acceptors (Lipinski definition) is 5. The normalized spacial score (nSPS) is 10.7. The number of nitrogens with zero attached hydrogens (tertiary/aromatic N) is 2. The van der Waals surface area contributed by atoms with Crippen molar-refractivity contribution in [2.24, 2.45) is 0 Å². The van der Waals surface area contributed by atoms with Gasteiger partial charge in [0.1, 0.15) is 0 Å². The van der Waals surface area contributed by atoms with Crippen molar-refractivity contribution in [3.05, 3.63) is 64.1 Å². The van der Waals surface area contributed by atoms with E-state index in [2.05, 4.69) is 26.1 Å². The lowest BCUT2D eigenvalue weighted by Crippen LogP contribution is -2.02. The van der Waals surface area contributed by atoms with Gasteiger partial charge in [0.25, 0.3) is 5.22 Å². The van der Waals surface area contributed by atoms with Gasteiger partial charge in [-0.05, 0) is 31.2 Å². The van der Waals surface area contributed by atoms with Crippen molar-refractivity contribution in [1.29, 1.82) is 0 Å². The summed E-state index contributed by atoms with van der Waals surface area (Å²) in [5, 5.41) is 8.40. The Morgan fingerprint density at radius 3 is 2.70 bits per heavy atom. The third kappa shape index (κ3) is 4.09. The Labute approximate surface area is 146 Å². The number of Topliss-reactive ketones (excluding diaryl/α,β-unsaturated/α-hetero) is 1. The Bertz CT molecular complexity index is 831. The highest BCUT2D eigenvalue weighted by atomic mass is 79.9. The highest BCUT2D eigenvalue weighted by Gasteiger charge is 2.12. The first-order valence-corrected chi connectivity index (χ1v) is 8.72. The van der Waals surface area contributed by atoms with Crippen LogP contribution in [-0.4, -0.2) is 21.7 Å². The van der Waals surface area contributed by atoms with Crippen LogP contribution >= 0.6 is 27.7 Å². The van der Waals surface area contributed by atoms with Crippen molar-refractivity contribution in [2.45, 2.75) is 12.1 Å². The summed E-state index contributed by atoms with van der Waals surface area (Å²) in [7, 11) is 0. The Morgan fingerprint density at radius 1 is 1.17 bits per heavy atom. The molecule has 0 aliphatic carbocycles. The Morgan fingerprint density at radius 2 is 1.96 bits per heavy atom. The lowest BCUT2D eigenvalue weighted by Gasteiger charge is -1.99. The molecule has 0 saturated heterocycles. The molecular formula is C17H13BrN2O2S. The molecule has 0 bridgehead atoms. The second-order valence-corrected chi connectivity index (χ2v) is 6.80. The Hall–Kier alpha value is -1.92. The van der Waals surface area contributed by atoms with Crippen LogP contribution in [0.1, 0.15) is 15.9 Å². The Balaban J connectivity index is 1.65. The van der Waals surface area contributed by atoms with Gasteiger partial charge in [-0.3, -0.25) is 4.79 Å². The van der Waals surface area contributed by atoms with Crippen LogP contribution in [0.5, 0.6) is 0 Å². The molecule has 0 radical (unpaired) electrons. The summed E-state index contributed by atoms with van der Waals surface area (Å²) >= 11 is 4.60. The first kappa shape index (κ1) is 16.0. The van der Waals surface area contributed by atoms with Crippen LogP contribution in [0.25, 0.3) is 11.5 Å². The smallest absolute Gasteiger partial charge is 0.277 e. The Kier molecular flexibility index (Phi) is 4.93. The summed E-state index contributed by atoms with van der Waals surface area (Å²) in [4.78, 5) is 12.2. The number of hydrogen-bond donors (Lipinski definition) is 0. The van der Waals surface area contributed by atoms with Crippen LogP contribution in [0.2, 0.25) is 0 Å². The van der Waals surface area contributed by atoms with E-state index in [4.69, 9.17) is 4.42 Å². The van der Waals surface area contributed by atoms with E-state index in [-0.39, 0.29) is 11.5 Å². The molecule has 0 N–H and O–H groups in total. The zero-order chi connectivity index (χ0) is 16.2. The number of thioether (sulfide) groups is 1. The lowest BCUT2D eigenvalue weighted by molar-refractivity contribution is 0.102. The molecule has 116 valence electrons. The molecule has 0 aliphatic heterocycles. The van der Waals surface area contributed by atoms with Gasteiger partial charge in [-0.2, -0.15) is 0 Å². The summed E-state index contributed by atoms with van der Waals surface area (Å²) < 4.78 is 6.48. The van der Waals surface area contributed by atoms with E-state index in [0.717, 1.165) is 10.0 Å². The molecule has 0 atom stereocenters. The number of benzene rings is 2. The fourth-order valence-electron chi connectivity index (χ4n) is 1.95. The highest BCUT2D eigenvalue weighted by molar-refractivity contribution is 9.10. The monoisotopic (exact) mass is 388 g/mol. The van der Waals surface area contributed by atoms with Crippen molar-refractivity contribution in [2.75, 3.05) is 5.75 Å². The van der Waals surface area contributed by atoms with E-state index < -0.39 is 0 Å². The van der Waals surface area contributed by atoms with Crippen LogP contribution in [0.3, 0.4) is 0 Å². The van der Waals surface area contributed by atoms with Gasteiger partial charge < -0.3 is 4.42 Å². The van der Waals surface area contributed by atoms with Crippen LogP contribution < -0.4 is 0 Å². The average Bonchev–Trinajstić information content (AvgIpc) is 3.02. The van der Waals surface area contributed by atoms with Gasteiger partial charge >= 0.3 is 0 Å². The molecule has 0 unspecified atom stereocenters. The van der Waals surface area contributed by atoms with Crippen LogP contribution in [0.15, 0.2) is 62.6 Å². The predicted molar refractivity (Wildman–Crippen MR) is 93.7 cm³/mol. The van der Waals surface area contributed by atoms with E-state index in [0.29, 0.717) is 16.7 Å². The second kappa shape index (κ2) is 7.10. The van der Waals surface area contributed by atoms with Crippen molar-refractivity contribution >= 4 is 33.5 Å². The van der Waals surface area contributed by atoms with Gasteiger partial charge in [0, 0.05) is 15.6 Å². The summed E-state index contributed by atoms with van der Waals surface area (Å²) in [6.07, 6.45) is 0. The van der Waals surface area contributed by atoms with Gasteiger partial charge in [0.15, 0.2) is 5.78 Å². The van der Waals surface area contributed by atoms with Crippen LogP contribution in [0, 0.1) is 6.92 Å². The second-order valence-electron chi connectivity index (χ2n) is 4.96. The number of carbonyl (C=O) groups is 1. The number of ketones is 1. The molecule has 6 heteroatoms. The summed E-state index contributed by atoms with van der Waals surface area (Å²) in [6, 6.07) is 15.2. The SMILES string of the molecule is Cc1ccc(-c2nnc(SCC(=O)c3cccc(Br)c3)o2)cc1. The maximum Gasteiger partial charge on any atom is 0.277 e. The zero-order valence-electron chi connectivity index (χ0n) is 12.3. The maximum absolute atomic E-state index is 12.2. The van der Waals surface area contributed by atoms with Crippen molar-refractivity contribution in [3.8, 4) is 11.5 Å². The molecule has 0 saturated carbocycles. The highest BCUT2D eigenvalue weighted by Crippen LogP contribution is 2.24. The molecule has 3 aromatic rings. The van der Waals surface area contributed by atoms with Crippen molar-refractivity contribution in [1.82, 2.24) is 10.2 Å². The molecule has 3 rings (SSSR count). The van der Waals surface area contributed by atoms with E-state index in [9.17, 15) is 4.79 Å². The van der Waals surface area contributed by atoms with Crippen LogP contribution in [-0.2, 0) is 0 Å². The van der Waals surface area contributed by atoms with Gasteiger partial charge in [-0.25, -0.2) is 0 Å². The number of carbonyl (C=O) groups excluding carboxylic acids is 1. The molecule has 0 spiro atoms. The molecule has 1 heterocycles. The molecule has 0 amide bonds. The molecule has 2 aromatic carbocycles. The van der Waals surface area contributed by atoms with Gasteiger partial charge in [0.05, 0.1) is 5.75 Å². The van der Waals surface area contributed by atoms with E-state index in [1.165, 1.54) is 17.3 Å². The van der Waals surface area contributed by atoms with Gasteiger partial charge in [0.2, 0.25) is 5.89 Å². The number of aryl methyl sites for hydroxylation is 1. The fourth-order valence-corrected chi connectivity index (χ4v) is 3.01. The summed E-state index contributed by atoms with van der Waals surface area (Å²) in [5.41, 5.74) is 2.70. The van der Waals surface area contributed by atoms with E-state index in [1.54, 1.807) is 12.1 Å². The quantitative estimate of drug-likeness (QED) is 0.464. The minimum atomic E-state index is 0.0198. The molecule has 0 fully saturated rings. The predicted octanol–water partition coefficient (Wildman–Crippen LogP) is 4.78. The third-order valence-corrected chi connectivity index (χ3v) is 4.49. The van der Waals surface area contributed by atoms with Crippen LogP contribution in [0.4, 0.5) is 0 Å². The first-order chi connectivity index (χ1) is 11.1. The topological polar surface area (TPSA) is 56.0 Å². The van der Waals surface area contributed by atoms with Crippen molar-refractivity contribution in [3.63, 3.8) is 0 Å². The third-order valence-electron chi connectivity index (χ3n) is 3.18. The van der Waals surface area contributed by atoms with E-state index >= 15 is 0 Å². The summed E-state index contributed by atoms with van der Waals surface area (Å²) in [6.45, 7) is 2.02. The lowest BCUT2D eigenvalue weighted by atomic mass is 10.1. The number of aromatic nitrogens is 2. The van der Waals surface area contributed by atoms with E-state index in [1.807, 2.05) is 43.3 Å². The minimum Gasteiger partial charge on any atom is -0.411 e. The number of halogens is 1. The fraction of sp³-hybridized carbons (Fsp3) is 0.118. The standard InChI is InChI=1S/C17H13BrN2O2S/c1-11-5-7-12(8-6-11)16-19-20-17(22-16)23-10-15(21)13-3-2-4-14(18)9-13/h2-9H,10H2,1H3. The molecule has 23 heavy (non-hydrogen) atoms. The van der Waals surface area contributed by atoms with Gasteiger partial charge in [-0.15, -0.1) is 10.2 Å². The molecular weight excluding hydrogens is 376 g/mol. The molecule has 4 nitrogen and oxygen atoms in total. The molecule has 0 aliphatic rings. The van der Waals surface area contributed by atoms with Gasteiger partial charge in [-0.1, -0.05) is 57.5 Å².